The maximum absolute atomic E-state index is 11.7. The van der Waals surface area contributed by atoms with Gasteiger partial charge in [0.2, 0.25) is 5.91 Å². The van der Waals surface area contributed by atoms with Crippen molar-refractivity contribution in [3.05, 3.63) is 24.5 Å². The van der Waals surface area contributed by atoms with Crippen LogP contribution in [0, 0.1) is 0 Å². The van der Waals surface area contributed by atoms with Gasteiger partial charge in [0.1, 0.15) is 0 Å². The Morgan fingerprint density at radius 2 is 1.85 bits per heavy atom. The van der Waals surface area contributed by atoms with Crippen molar-refractivity contribution in [3.63, 3.8) is 0 Å². The monoisotopic (exact) mass is 279 g/mol. The number of ether oxygens (including phenoxy) is 1. The summed E-state index contributed by atoms with van der Waals surface area (Å²) >= 11 is 0. The van der Waals surface area contributed by atoms with Gasteiger partial charge >= 0.3 is 0 Å². The molecule has 1 aliphatic rings. The van der Waals surface area contributed by atoms with Crippen LogP contribution >= 0.6 is 0 Å². The van der Waals surface area contributed by atoms with Crippen LogP contribution < -0.4 is 5.32 Å². The summed E-state index contributed by atoms with van der Waals surface area (Å²) in [5, 5.41) is 3.00. The molecule has 20 heavy (non-hydrogen) atoms. The van der Waals surface area contributed by atoms with Gasteiger partial charge in [-0.25, -0.2) is 0 Å². The number of amides is 1. The first-order valence-corrected chi connectivity index (χ1v) is 7.52. The lowest BCUT2D eigenvalue weighted by Gasteiger charge is -2.26. The third-order valence-corrected chi connectivity index (χ3v) is 3.56. The first-order valence-electron chi connectivity index (χ1n) is 7.52. The van der Waals surface area contributed by atoms with E-state index in [0.717, 1.165) is 58.8 Å². The lowest BCUT2D eigenvalue weighted by molar-refractivity contribution is -0.121. The minimum atomic E-state index is 0.166. The topological polar surface area (TPSA) is 46.5 Å². The number of aromatic nitrogens is 1. The molecule has 0 aromatic carbocycles. The normalized spacial score (nSPS) is 16.2. The van der Waals surface area contributed by atoms with Crippen LogP contribution in [0.4, 0.5) is 0 Å². The molecule has 0 atom stereocenters. The number of carbonyl (C=O) groups is 1. The molecule has 1 saturated heterocycles. The summed E-state index contributed by atoms with van der Waals surface area (Å²) in [6.07, 6.45) is 6.57. The zero-order valence-electron chi connectivity index (χ0n) is 12.1. The van der Waals surface area contributed by atoms with E-state index in [1.54, 1.807) is 0 Å². The second-order valence-corrected chi connectivity index (χ2v) is 5.18. The Hall–Kier alpha value is -1.33. The van der Waals surface area contributed by atoms with E-state index in [1.165, 1.54) is 0 Å². The van der Waals surface area contributed by atoms with Gasteiger partial charge in [0.25, 0.3) is 0 Å². The van der Waals surface area contributed by atoms with Crippen molar-refractivity contribution in [1.82, 2.24) is 14.8 Å². The average Bonchev–Trinajstić information content (AvgIpc) is 2.98. The van der Waals surface area contributed by atoms with Crippen molar-refractivity contribution in [2.45, 2.75) is 25.8 Å². The van der Waals surface area contributed by atoms with Gasteiger partial charge in [-0.2, -0.15) is 0 Å². The third-order valence-electron chi connectivity index (χ3n) is 3.56. The number of morpholine rings is 1. The first-order chi connectivity index (χ1) is 9.84. The highest BCUT2D eigenvalue weighted by molar-refractivity contribution is 5.75. The van der Waals surface area contributed by atoms with Gasteiger partial charge in [0, 0.05) is 45.0 Å². The summed E-state index contributed by atoms with van der Waals surface area (Å²) in [4.78, 5) is 14.1. The fourth-order valence-corrected chi connectivity index (χ4v) is 2.39. The van der Waals surface area contributed by atoms with E-state index in [9.17, 15) is 4.79 Å². The molecule has 1 amide bonds. The maximum Gasteiger partial charge on any atom is 0.220 e. The summed E-state index contributed by atoms with van der Waals surface area (Å²) in [6.45, 7) is 6.45. The van der Waals surface area contributed by atoms with Crippen LogP contribution in [0.25, 0.3) is 0 Å². The maximum atomic E-state index is 11.7. The van der Waals surface area contributed by atoms with Crippen LogP contribution in [-0.2, 0) is 16.1 Å². The standard InChI is InChI=1S/C15H25N3O2/c19-15(5-3-9-17-7-1-2-8-17)16-6-4-10-18-11-13-20-14-12-18/h1-2,7-8H,3-6,9-14H2,(H,16,19). The first kappa shape index (κ1) is 15.1. The zero-order chi connectivity index (χ0) is 14.0. The number of aryl methyl sites for hydroxylation is 1. The number of hydrogen-bond acceptors (Lipinski definition) is 3. The molecule has 112 valence electrons. The van der Waals surface area contributed by atoms with Crippen LogP contribution in [-0.4, -0.2) is 54.8 Å². The summed E-state index contributed by atoms with van der Waals surface area (Å²) in [5.74, 6) is 0.166. The zero-order valence-corrected chi connectivity index (χ0v) is 12.1. The van der Waals surface area contributed by atoms with E-state index in [4.69, 9.17) is 4.74 Å². The Kier molecular flexibility index (Phi) is 6.60. The predicted octanol–water partition coefficient (Wildman–Crippen LogP) is 1.11. The quantitative estimate of drug-likeness (QED) is 0.725. The van der Waals surface area contributed by atoms with Crippen LogP contribution in [0.2, 0.25) is 0 Å². The predicted molar refractivity (Wildman–Crippen MR) is 78.6 cm³/mol. The highest BCUT2D eigenvalue weighted by atomic mass is 16.5. The van der Waals surface area contributed by atoms with E-state index in [0.29, 0.717) is 6.42 Å². The molecule has 2 rings (SSSR count). The van der Waals surface area contributed by atoms with E-state index in [2.05, 4.69) is 14.8 Å². The van der Waals surface area contributed by atoms with Crippen molar-refractivity contribution in [3.8, 4) is 0 Å². The van der Waals surface area contributed by atoms with Gasteiger partial charge in [-0.1, -0.05) is 0 Å². The van der Waals surface area contributed by atoms with Crippen molar-refractivity contribution in [2.75, 3.05) is 39.4 Å². The molecule has 1 aromatic rings. The Morgan fingerprint density at radius 1 is 1.10 bits per heavy atom. The van der Waals surface area contributed by atoms with E-state index in [1.807, 2.05) is 24.5 Å². The minimum Gasteiger partial charge on any atom is -0.379 e. The van der Waals surface area contributed by atoms with Crippen molar-refractivity contribution in [2.24, 2.45) is 0 Å². The SMILES string of the molecule is O=C(CCCn1cccc1)NCCCN1CCOCC1. The molecule has 5 nitrogen and oxygen atoms in total. The smallest absolute Gasteiger partial charge is 0.220 e. The second kappa shape index (κ2) is 8.76. The summed E-state index contributed by atoms with van der Waals surface area (Å²) < 4.78 is 7.41. The molecule has 0 saturated carbocycles. The number of rotatable bonds is 8. The minimum absolute atomic E-state index is 0.166. The summed E-state index contributed by atoms with van der Waals surface area (Å²) in [7, 11) is 0. The molecule has 0 bridgehead atoms. The Labute approximate surface area is 120 Å². The molecular formula is C15H25N3O2. The van der Waals surface area contributed by atoms with Crippen LogP contribution in [0.5, 0.6) is 0 Å². The molecule has 1 aliphatic heterocycles. The Balaban J connectivity index is 1.45. The molecule has 0 spiro atoms. The van der Waals surface area contributed by atoms with Crippen LogP contribution in [0.1, 0.15) is 19.3 Å². The van der Waals surface area contributed by atoms with Gasteiger partial charge in [-0.05, 0) is 31.5 Å². The summed E-state index contributed by atoms with van der Waals surface area (Å²) in [6, 6.07) is 4.01. The van der Waals surface area contributed by atoms with Crippen LogP contribution in [0.3, 0.4) is 0 Å². The highest BCUT2D eigenvalue weighted by Crippen LogP contribution is 1.99. The average molecular weight is 279 g/mol. The van der Waals surface area contributed by atoms with Crippen molar-refractivity contribution >= 4 is 5.91 Å². The van der Waals surface area contributed by atoms with Gasteiger partial charge in [-0.15, -0.1) is 0 Å². The van der Waals surface area contributed by atoms with Crippen molar-refractivity contribution < 1.29 is 9.53 Å². The Bertz CT molecular complexity index is 372. The van der Waals surface area contributed by atoms with E-state index < -0.39 is 0 Å². The highest BCUT2D eigenvalue weighted by Gasteiger charge is 2.09. The molecule has 5 heteroatoms. The van der Waals surface area contributed by atoms with Gasteiger partial charge in [0.05, 0.1) is 13.2 Å². The second-order valence-electron chi connectivity index (χ2n) is 5.18. The molecule has 0 aliphatic carbocycles. The number of carbonyl (C=O) groups excluding carboxylic acids is 1. The number of nitrogens with zero attached hydrogens (tertiary/aromatic N) is 2. The van der Waals surface area contributed by atoms with E-state index in [-0.39, 0.29) is 5.91 Å². The molecule has 0 radical (unpaired) electrons. The molecule has 1 aromatic heterocycles. The van der Waals surface area contributed by atoms with Crippen LogP contribution in [0.15, 0.2) is 24.5 Å². The Morgan fingerprint density at radius 3 is 2.60 bits per heavy atom. The molecule has 0 unspecified atom stereocenters. The fourth-order valence-electron chi connectivity index (χ4n) is 2.39. The molecule has 2 heterocycles. The molecule has 1 N–H and O–H groups in total. The number of hydrogen-bond donors (Lipinski definition) is 1. The van der Waals surface area contributed by atoms with E-state index >= 15 is 0 Å². The van der Waals surface area contributed by atoms with Gasteiger partial charge < -0.3 is 14.6 Å². The van der Waals surface area contributed by atoms with Gasteiger partial charge in [-0.3, -0.25) is 9.69 Å². The summed E-state index contributed by atoms with van der Waals surface area (Å²) in [5.41, 5.74) is 0. The largest absolute Gasteiger partial charge is 0.379 e. The fraction of sp³-hybridized carbons (Fsp3) is 0.667. The lowest BCUT2D eigenvalue weighted by atomic mass is 10.3. The molecular weight excluding hydrogens is 254 g/mol. The third kappa shape index (κ3) is 5.75. The number of nitrogens with one attached hydrogen (secondary N) is 1. The lowest BCUT2D eigenvalue weighted by Crippen LogP contribution is -2.38. The van der Waals surface area contributed by atoms with Crippen molar-refractivity contribution in [1.29, 1.82) is 0 Å². The van der Waals surface area contributed by atoms with Gasteiger partial charge in [0.15, 0.2) is 0 Å². The molecule has 1 fully saturated rings.